The fourth-order valence-electron chi connectivity index (χ4n) is 11.1. The summed E-state index contributed by atoms with van der Waals surface area (Å²) < 4.78 is 12.5. The number of benzene rings is 12. The molecule has 0 aliphatic heterocycles. The maximum absolute atomic E-state index is 6.62. The number of para-hydroxylation sites is 3. The summed E-state index contributed by atoms with van der Waals surface area (Å²) in [5.41, 5.74) is 9.46. The third kappa shape index (κ3) is 9.06. The molecule has 378 valence electrons. The van der Waals surface area contributed by atoms with E-state index < -0.39 is 0 Å². The van der Waals surface area contributed by atoms with Gasteiger partial charge in [-0.05, 0) is 171 Å². The molecule has 0 radical (unpaired) electrons. The first-order valence-corrected chi connectivity index (χ1v) is 31.2. The van der Waals surface area contributed by atoms with Crippen molar-refractivity contribution in [2.75, 3.05) is 0 Å². The predicted molar refractivity (Wildman–Crippen MR) is 366 cm³/mol. The number of aromatic amines is 1. The first-order chi connectivity index (χ1) is 37.9. The van der Waals surface area contributed by atoms with E-state index in [4.69, 9.17) is 23.2 Å². The quantitative estimate of drug-likeness (QED) is 0.0963. The SMILES string of the molecule is Brc1ccc2c(c1)[nH]c1c(Br)cccc12.Brc1ccc2c3cccc(Br)c3n3c4cccc5cccc(c1c23)c54.Clc1cccc2cccc(-n3c4cc(Br)ccc4c4cccc(Br)c43)c12.Clc1cccc2cccc(I)c12. The Balaban J connectivity index is 0.000000103. The van der Waals surface area contributed by atoms with Crippen LogP contribution in [-0.4, -0.2) is 14.0 Å². The Labute approximate surface area is 521 Å². The molecule has 16 rings (SSSR count). The van der Waals surface area contributed by atoms with Gasteiger partial charge in [0, 0.05) is 94.8 Å². The van der Waals surface area contributed by atoms with E-state index >= 15 is 0 Å². The molecule has 12 heteroatoms. The third-order valence-corrected chi connectivity index (χ3v) is 19.5. The van der Waals surface area contributed by atoms with Gasteiger partial charge in [0.1, 0.15) is 0 Å². The lowest BCUT2D eigenvalue weighted by molar-refractivity contribution is 1.19. The molecule has 0 amide bonds. The highest BCUT2D eigenvalue weighted by atomic mass is 127. The molecule has 1 N–H and O–H groups in total. The first-order valence-electron chi connectivity index (χ1n) is 24.6. The van der Waals surface area contributed by atoms with Crippen molar-refractivity contribution in [2.24, 2.45) is 0 Å². The number of H-pyrrole nitrogens is 1. The molecule has 0 fully saturated rings. The van der Waals surface area contributed by atoms with Crippen molar-refractivity contribution in [3.8, 4) is 5.69 Å². The highest BCUT2D eigenvalue weighted by Gasteiger charge is 2.21. The van der Waals surface area contributed by atoms with Crippen molar-refractivity contribution in [1.29, 1.82) is 0 Å². The zero-order chi connectivity index (χ0) is 53.5. The molecule has 0 saturated carbocycles. The van der Waals surface area contributed by atoms with Crippen molar-refractivity contribution in [3.05, 3.63) is 253 Å². The topological polar surface area (TPSA) is 25.1 Å². The van der Waals surface area contributed by atoms with Crippen LogP contribution in [0.3, 0.4) is 0 Å². The minimum atomic E-state index is 0.759. The van der Waals surface area contributed by atoms with Crippen LogP contribution in [0, 0.1) is 3.57 Å². The fourth-order valence-corrected chi connectivity index (χ4v) is 15.5. The van der Waals surface area contributed by atoms with Gasteiger partial charge in [0.05, 0.1) is 43.8 Å². The Bertz CT molecular complexity index is 5020. The second-order valence-electron chi connectivity index (χ2n) is 18.8. The van der Waals surface area contributed by atoms with E-state index in [-0.39, 0.29) is 0 Å². The van der Waals surface area contributed by atoms with E-state index in [1.165, 1.54) is 79.4 Å². The second-order valence-corrected chi connectivity index (χ2v) is 26.0. The summed E-state index contributed by atoms with van der Waals surface area (Å²) in [4.78, 5) is 3.41. The van der Waals surface area contributed by atoms with E-state index in [2.05, 4.69) is 308 Å². The summed E-state index contributed by atoms with van der Waals surface area (Å²) in [6.45, 7) is 0. The smallest absolute Gasteiger partial charge is 0.0683 e. The highest BCUT2D eigenvalue weighted by molar-refractivity contribution is 14.1. The molecule has 0 spiro atoms. The zero-order valence-electron chi connectivity index (χ0n) is 40.5. The van der Waals surface area contributed by atoms with Crippen molar-refractivity contribution in [3.63, 3.8) is 0 Å². The average Bonchev–Trinajstić information content (AvgIpc) is 4.20. The lowest BCUT2D eigenvalue weighted by Gasteiger charge is -2.14. The number of nitrogens with one attached hydrogen (secondary N) is 1. The fraction of sp³-hybridized carbons (Fsp3) is 0. The molecule has 12 aromatic carbocycles. The predicted octanol–water partition coefficient (Wildman–Crippen LogP) is 24.6. The lowest BCUT2D eigenvalue weighted by Crippen LogP contribution is -1.96. The molecule has 0 bridgehead atoms. The number of pyridine rings is 1. The molecule has 0 aliphatic rings. The molecule has 0 aliphatic carbocycles. The van der Waals surface area contributed by atoms with Crippen LogP contribution >= 0.6 is 141 Å². The van der Waals surface area contributed by atoms with Crippen LogP contribution in [0.25, 0.3) is 120 Å². The zero-order valence-corrected chi connectivity index (χ0v) is 53.7. The van der Waals surface area contributed by atoms with Crippen molar-refractivity contribution in [1.82, 2.24) is 14.0 Å². The summed E-state index contributed by atoms with van der Waals surface area (Å²) in [6.07, 6.45) is 0. The summed E-state index contributed by atoms with van der Waals surface area (Å²) in [7, 11) is 0. The first kappa shape index (κ1) is 52.4. The Morgan fingerprint density at radius 2 is 0.872 bits per heavy atom. The van der Waals surface area contributed by atoms with E-state index in [1.54, 1.807) is 0 Å². The number of halogens is 9. The largest absolute Gasteiger partial charge is 0.354 e. The highest BCUT2D eigenvalue weighted by Crippen LogP contribution is 2.45. The summed E-state index contributed by atoms with van der Waals surface area (Å²) in [6, 6.07) is 73.8. The Kier molecular flexibility index (Phi) is 14.4. The van der Waals surface area contributed by atoms with Crippen molar-refractivity contribution in [2.45, 2.75) is 0 Å². The molecule has 0 saturated heterocycles. The summed E-state index contributed by atoms with van der Waals surface area (Å²) in [5, 5.41) is 18.8. The molecular formula is C66H36Br6Cl2IN3. The molecule has 0 atom stereocenters. The van der Waals surface area contributed by atoms with E-state index in [1.807, 2.05) is 36.4 Å². The van der Waals surface area contributed by atoms with Crippen LogP contribution in [0.4, 0.5) is 0 Å². The number of hydrogen-bond acceptors (Lipinski definition) is 0. The van der Waals surface area contributed by atoms with Crippen LogP contribution in [0.2, 0.25) is 10.0 Å². The third-order valence-electron chi connectivity index (χ3n) is 14.4. The summed E-state index contributed by atoms with van der Waals surface area (Å²) in [5.74, 6) is 0. The molecule has 0 unspecified atom stereocenters. The van der Waals surface area contributed by atoms with Crippen LogP contribution in [0.1, 0.15) is 0 Å². The van der Waals surface area contributed by atoms with Crippen LogP contribution in [0.15, 0.2) is 239 Å². The maximum Gasteiger partial charge on any atom is 0.0683 e. The van der Waals surface area contributed by atoms with Crippen LogP contribution in [0.5, 0.6) is 0 Å². The molecule has 4 aromatic heterocycles. The van der Waals surface area contributed by atoms with Gasteiger partial charge in [-0.25, -0.2) is 0 Å². The molecule has 4 heterocycles. The Morgan fingerprint density at radius 1 is 0.359 bits per heavy atom. The van der Waals surface area contributed by atoms with Crippen molar-refractivity contribution >= 4 is 255 Å². The number of aromatic nitrogens is 3. The minimum Gasteiger partial charge on any atom is -0.354 e. The number of nitrogens with zero attached hydrogens (tertiary/aromatic N) is 2. The van der Waals surface area contributed by atoms with Gasteiger partial charge in [-0.15, -0.1) is 0 Å². The Morgan fingerprint density at radius 3 is 1.59 bits per heavy atom. The Hall–Kier alpha value is -4.99. The number of hydrogen-bond donors (Lipinski definition) is 1. The van der Waals surface area contributed by atoms with Crippen LogP contribution < -0.4 is 0 Å². The van der Waals surface area contributed by atoms with Crippen molar-refractivity contribution < 1.29 is 0 Å². The monoisotopic (exact) mass is 1540 g/mol. The number of fused-ring (bicyclic) bond motifs is 13. The van der Waals surface area contributed by atoms with E-state index in [9.17, 15) is 0 Å². The van der Waals surface area contributed by atoms with Gasteiger partial charge in [0.15, 0.2) is 0 Å². The van der Waals surface area contributed by atoms with Crippen LogP contribution in [-0.2, 0) is 0 Å². The minimum absolute atomic E-state index is 0.759. The summed E-state index contributed by atoms with van der Waals surface area (Å²) >= 11 is 37.0. The van der Waals surface area contributed by atoms with Gasteiger partial charge in [-0.2, -0.15) is 0 Å². The second kappa shape index (κ2) is 21.5. The molecule has 16 aromatic rings. The van der Waals surface area contributed by atoms with Gasteiger partial charge < -0.3 is 14.0 Å². The van der Waals surface area contributed by atoms with Gasteiger partial charge in [-0.1, -0.05) is 204 Å². The van der Waals surface area contributed by atoms with Gasteiger partial charge in [-0.3, -0.25) is 0 Å². The molecular weight excluding hydrogens is 1510 g/mol. The molecule has 3 nitrogen and oxygen atoms in total. The van der Waals surface area contributed by atoms with Gasteiger partial charge in [0.25, 0.3) is 0 Å². The maximum atomic E-state index is 6.62. The van der Waals surface area contributed by atoms with Gasteiger partial charge in [0.2, 0.25) is 0 Å². The normalized spacial score (nSPS) is 11.7. The number of rotatable bonds is 1. The van der Waals surface area contributed by atoms with E-state index in [0.29, 0.717) is 0 Å². The standard InChI is InChI=1S/C22H12Br2ClN.C22H11Br2N.C12H7Br2N.C10H6ClI/c23-14-10-11-15-16-6-3-7-17(24)22(16)26(20(15)12-14)19-9-2-5-13-4-1-8-18(25)21(13)19;23-16-11-10-14-13-6-3-8-17(24)21(13)25-18-9-2-5-12-4-1-7-15(19(12)18)20(16)22(14)25;13-7-4-5-8-9-2-1-3-10(14)12(9)15-11(8)6-7;11-8-5-1-3-7-4-2-6-9(12)10(7)8/h1-12H;1-11H;1-6,15H;1-6H. The van der Waals surface area contributed by atoms with E-state index in [0.717, 1.165) is 80.8 Å². The lowest BCUT2D eigenvalue weighted by atomic mass is 9.99. The van der Waals surface area contributed by atoms with Gasteiger partial charge >= 0.3 is 0 Å². The molecule has 78 heavy (non-hydrogen) atoms. The average molecular weight is 1550 g/mol.